The normalized spacial score (nSPS) is 10.9. The summed E-state index contributed by atoms with van der Waals surface area (Å²) < 4.78 is 13.3. The Kier molecular flexibility index (Phi) is 3.62. The van der Waals surface area contributed by atoms with Crippen molar-refractivity contribution in [1.82, 2.24) is 0 Å². The molecule has 1 heterocycles. The molecule has 0 aliphatic carbocycles. The summed E-state index contributed by atoms with van der Waals surface area (Å²) in [5.74, 6) is -0.111. The van der Waals surface area contributed by atoms with E-state index in [2.05, 4.69) is 0 Å². The second-order valence-corrected chi connectivity index (χ2v) is 5.78. The van der Waals surface area contributed by atoms with E-state index >= 15 is 0 Å². The lowest BCUT2D eigenvalue weighted by Crippen LogP contribution is -2.04. The largest absolute Gasteiger partial charge is 0.293 e. The van der Waals surface area contributed by atoms with E-state index in [1.54, 1.807) is 0 Å². The first-order chi connectivity index (χ1) is 8.47. The van der Waals surface area contributed by atoms with Crippen LogP contribution in [-0.2, 0) is 0 Å². The average Bonchev–Trinajstić information content (AvgIpc) is 2.75. The van der Waals surface area contributed by atoms with Gasteiger partial charge in [0.2, 0.25) is 0 Å². The van der Waals surface area contributed by atoms with Crippen molar-refractivity contribution in [2.24, 2.45) is 5.92 Å². The number of Topliss-reactive ketones (excluding diaryl/α,β-unsaturated/α-hetero) is 1. The summed E-state index contributed by atoms with van der Waals surface area (Å²) in [6, 6.07) is 8.63. The zero-order valence-corrected chi connectivity index (χ0v) is 11.5. The Morgan fingerprint density at radius 1 is 1.22 bits per heavy atom. The topological polar surface area (TPSA) is 17.1 Å². The molecule has 0 atom stereocenters. The highest BCUT2D eigenvalue weighted by atomic mass is 32.1. The minimum atomic E-state index is -0.241. The quantitative estimate of drug-likeness (QED) is 0.733. The first kappa shape index (κ1) is 13.0. The maximum atomic E-state index is 13.3. The molecule has 1 aromatic carbocycles. The van der Waals surface area contributed by atoms with Gasteiger partial charge in [-0.05, 0) is 42.3 Å². The number of carbonyl (C=O) groups excluding carboxylic acids is 1. The Labute approximate surface area is 110 Å². The van der Waals surface area contributed by atoms with E-state index in [-0.39, 0.29) is 17.5 Å². The van der Waals surface area contributed by atoms with Crippen LogP contribution in [0.2, 0.25) is 0 Å². The third kappa shape index (κ3) is 2.67. The molecule has 0 saturated carbocycles. The molecule has 0 radical (unpaired) electrons. The summed E-state index contributed by atoms with van der Waals surface area (Å²) in [6.45, 7) is 5.63. The van der Waals surface area contributed by atoms with Gasteiger partial charge in [-0.1, -0.05) is 19.9 Å². The van der Waals surface area contributed by atoms with Gasteiger partial charge in [0.1, 0.15) is 5.82 Å². The third-order valence-electron chi connectivity index (χ3n) is 2.70. The summed E-state index contributed by atoms with van der Waals surface area (Å²) in [5.41, 5.74) is 1.72. The Morgan fingerprint density at radius 3 is 2.56 bits per heavy atom. The summed E-state index contributed by atoms with van der Waals surface area (Å²) in [5, 5.41) is 0. The molecule has 94 valence electrons. The molecule has 1 aromatic heterocycles. The molecule has 3 heteroatoms. The highest BCUT2D eigenvalue weighted by Gasteiger charge is 2.14. The number of halogens is 1. The number of ketones is 1. The van der Waals surface area contributed by atoms with Crippen LogP contribution in [0, 0.1) is 18.7 Å². The molecule has 0 spiro atoms. The van der Waals surface area contributed by atoms with Crippen LogP contribution in [0.5, 0.6) is 0 Å². The molecule has 0 unspecified atom stereocenters. The third-order valence-corrected chi connectivity index (χ3v) is 3.85. The van der Waals surface area contributed by atoms with Gasteiger partial charge in [-0.25, -0.2) is 4.39 Å². The minimum Gasteiger partial charge on any atom is -0.293 e. The van der Waals surface area contributed by atoms with Gasteiger partial charge in [-0.3, -0.25) is 4.79 Å². The zero-order valence-electron chi connectivity index (χ0n) is 10.7. The number of benzene rings is 1. The van der Waals surface area contributed by atoms with Crippen molar-refractivity contribution in [1.29, 1.82) is 0 Å². The maximum Gasteiger partial charge on any atom is 0.175 e. The van der Waals surface area contributed by atoms with Crippen molar-refractivity contribution >= 4 is 17.1 Å². The first-order valence-electron chi connectivity index (χ1n) is 5.89. The summed E-state index contributed by atoms with van der Waals surface area (Å²) in [6.07, 6.45) is 0. The number of thiophene rings is 1. The van der Waals surface area contributed by atoms with E-state index in [1.165, 1.54) is 23.5 Å². The molecule has 0 aliphatic heterocycles. The highest BCUT2D eigenvalue weighted by Crippen LogP contribution is 2.30. The van der Waals surface area contributed by atoms with Crippen molar-refractivity contribution in [3.63, 3.8) is 0 Å². The minimum absolute atomic E-state index is 0.00857. The van der Waals surface area contributed by atoms with Crippen molar-refractivity contribution in [2.45, 2.75) is 20.8 Å². The van der Waals surface area contributed by atoms with Crippen LogP contribution >= 0.6 is 11.3 Å². The second-order valence-electron chi connectivity index (χ2n) is 4.70. The number of hydrogen-bond acceptors (Lipinski definition) is 2. The van der Waals surface area contributed by atoms with Crippen molar-refractivity contribution < 1.29 is 9.18 Å². The van der Waals surface area contributed by atoms with Crippen LogP contribution in [0.3, 0.4) is 0 Å². The molecule has 2 aromatic rings. The van der Waals surface area contributed by atoms with Gasteiger partial charge in [0, 0.05) is 10.8 Å². The average molecular weight is 262 g/mol. The molecular formula is C15H15FOS. The fourth-order valence-electron chi connectivity index (χ4n) is 1.79. The molecule has 0 aliphatic rings. The number of hydrogen-bond donors (Lipinski definition) is 0. The smallest absolute Gasteiger partial charge is 0.175 e. The van der Waals surface area contributed by atoms with Crippen LogP contribution in [0.15, 0.2) is 30.3 Å². The molecule has 0 bridgehead atoms. The molecule has 0 amide bonds. The van der Waals surface area contributed by atoms with E-state index in [4.69, 9.17) is 0 Å². The number of rotatable bonds is 3. The van der Waals surface area contributed by atoms with E-state index in [0.29, 0.717) is 0 Å². The Hall–Kier alpha value is -1.48. The molecule has 2 rings (SSSR count). The van der Waals surface area contributed by atoms with Gasteiger partial charge in [0.25, 0.3) is 0 Å². The second kappa shape index (κ2) is 5.02. The Bertz CT molecular complexity index is 564. The molecular weight excluding hydrogens is 247 g/mol. The van der Waals surface area contributed by atoms with Gasteiger partial charge in [0.15, 0.2) is 5.78 Å². The van der Waals surface area contributed by atoms with Gasteiger partial charge in [-0.2, -0.15) is 0 Å². The standard InChI is InChI=1S/C15H15FOS/c1-9(2)15(17)14-5-4-13(18-14)11-6-10(3)7-12(16)8-11/h4-9H,1-3H3. The lowest BCUT2D eigenvalue weighted by Gasteiger charge is -2.01. The maximum absolute atomic E-state index is 13.3. The molecule has 1 nitrogen and oxygen atoms in total. The summed E-state index contributed by atoms with van der Waals surface area (Å²) in [4.78, 5) is 13.5. The lowest BCUT2D eigenvalue weighted by atomic mass is 10.1. The zero-order chi connectivity index (χ0) is 13.3. The van der Waals surface area contributed by atoms with Crippen LogP contribution in [0.4, 0.5) is 4.39 Å². The van der Waals surface area contributed by atoms with E-state index in [9.17, 15) is 9.18 Å². The van der Waals surface area contributed by atoms with Crippen LogP contribution in [-0.4, -0.2) is 5.78 Å². The monoisotopic (exact) mass is 262 g/mol. The van der Waals surface area contributed by atoms with Crippen LogP contribution in [0.1, 0.15) is 29.1 Å². The van der Waals surface area contributed by atoms with Crippen molar-refractivity contribution in [3.05, 3.63) is 46.6 Å². The summed E-state index contributed by atoms with van der Waals surface area (Å²) in [7, 11) is 0. The molecule has 0 N–H and O–H groups in total. The van der Waals surface area contributed by atoms with Gasteiger partial charge in [-0.15, -0.1) is 11.3 Å². The van der Waals surface area contributed by atoms with E-state index in [0.717, 1.165) is 20.9 Å². The number of carbonyl (C=O) groups is 1. The van der Waals surface area contributed by atoms with Gasteiger partial charge >= 0.3 is 0 Å². The SMILES string of the molecule is Cc1cc(F)cc(-c2ccc(C(=O)C(C)C)s2)c1. The van der Waals surface area contributed by atoms with Crippen LogP contribution < -0.4 is 0 Å². The Balaban J connectivity index is 2.38. The molecule has 18 heavy (non-hydrogen) atoms. The van der Waals surface area contributed by atoms with Gasteiger partial charge in [0.05, 0.1) is 4.88 Å². The van der Waals surface area contributed by atoms with Crippen LogP contribution in [0.25, 0.3) is 10.4 Å². The van der Waals surface area contributed by atoms with E-state index < -0.39 is 0 Å². The Morgan fingerprint density at radius 2 is 1.94 bits per heavy atom. The molecule has 0 saturated heterocycles. The number of aryl methyl sites for hydroxylation is 1. The lowest BCUT2D eigenvalue weighted by molar-refractivity contribution is 0.0943. The van der Waals surface area contributed by atoms with Crippen molar-refractivity contribution in [3.8, 4) is 10.4 Å². The predicted molar refractivity (Wildman–Crippen MR) is 73.6 cm³/mol. The predicted octanol–water partition coefficient (Wildman–Crippen LogP) is 4.70. The van der Waals surface area contributed by atoms with Crippen molar-refractivity contribution in [2.75, 3.05) is 0 Å². The molecule has 0 fully saturated rings. The fourth-order valence-corrected chi connectivity index (χ4v) is 2.87. The summed E-state index contributed by atoms with van der Waals surface area (Å²) >= 11 is 1.42. The highest BCUT2D eigenvalue weighted by molar-refractivity contribution is 7.17. The van der Waals surface area contributed by atoms with E-state index in [1.807, 2.05) is 39.0 Å². The van der Waals surface area contributed by atoms with Gasteiger partial charge < -0.3 is 0 Å². The first-order valence-corrected chi connectivity index (χ1v) is 6.70. The fraction of sp³-hybridized carbons (Fsp3) is 0.267.